The summed E-state index contributed by atoms with van der Waals surface area (Å²) in [7, 11) is 0. The van der Waals surface area contributed by atoms with E-state index < -0.39 is 6.04 Å². The lowest BCUT2D eigenvalue weighted by molar-refractivity contribution is -0.135. The second kappa shape index (κ2) is 6.32. The van der Waals surface area contributed by atoms with E-state index in [1.54, 1.807) is 11.0 Å². The Kier molecular flexibility index (Phi) is 4.00. The third kappa shape index (κ3) is 3.14. The highest BCUT2D eigenvalue weighted by Gasteiger charge is 2.33. The van der Waals surface area contributed by atoms with E-state index in [9.17, 15) is 14.4 Å². The van der Waals surface area contributed by atoms with Crippen molar-refractivity contribution in [2.75, 3.05) is 11.9 Å². The van der Waals surface area contributed by atoms with Crippen molar-refractivity contribution >= 4 is 34.2 Å². The predicted octanol–water partition coefficient (Wildman–Crippen LogP) is 1.15. The lowest BCUT2D eigenvalue weighted by atomic mass is 10.1. The first-order chi connectivity index (χ1) is 12.1. The quantitative estimate of drug-likeness (QED) is 0.854. The SMILES string of the molecule is O=C1CCC(C(=O)N2CCc3nc(NC(=O)c4ccoc4)sc3C2)N1. The molecule has 8 nitrogen and oxygen atoms in total. The number of nitrogens with zero attached hydrogens (tertiary/aromatic N) is 2. The van der Waals surface area contributed by atoms with Gasteiger partial charge in [0.1, 0.15) is 12.3 Å². The van der Waals surface area contributed by atoms with Crippen LogP contribution in [0.5, 0.6) is 0 Å². The standard InChI is InChI=1S/C16H16N4O4S/c21-13-2-1-11(17-13)15(23)20-5-3-10-12(7-20)25-16(18-10)19-14(22)9-4-6-24-8-9/h4,6,8,11H,1-3,5,7H2,(H,17,21)(H,18,19,22). The van der Waals surface area contributed by atoms with Crippen LogP contribution in [0.4, 0.5) is 5.13 Å². The molecule has 4 rings (SSSR count). The monoisotopic (exact) mass is 360 g/mol. The first-order valence-corrected chi connectivity index (χ1v) is 8.82. The number of amides is 3. The number of fused-ring (bicyclic) bond motifs is 1. The Balaban J connectivity index is 1.43. The molecule has 2 aromatic rings. The zero-order chi connectivity index (χ0) is 17.4. The fourth-order valence-electron chi connectivity index (χ4n) is 3.02. The fourth-order valence-corrected chi connectivity index (χ4v) is 4.04. The maximum atomic E-state index is 12.5. The number of carbonyl (C=O) groups excluding carboxylic acids is 3. The van der Waals surface area contributed by atoms with E-state index in [0.29, 0.717) is 43.0 Å². The molecule has 0 saturated carbocycles. The maximum absolute atomic E-state index is 12.5. The van der Waals surface area contributed by atoms with Crippen LogP contribution in [0.25, 0.3) is 0 Å². The molecule has 0 bridgehead atoms. The Labute approximate surface area is 147 Å². The van der Waals surface area contributed by atoms with E-state index in [2.05, 4.69) is 15.6 Å². The van der Waals surface area contributed by atoms with Crippen molar-refractivity contribution in [1.29, 1.82) is 0 Å². The van der Waals surface area contributed by atoms with Gasteiger partial charge < -0.3 is 14.6 Å². The van der Waals surface area contributed by atoms with Crippen molar-refractivity contribution < 1.29 is 18.8 Å². The molecule has 1 fully saturated rings. The van der Waals surface area contributed by atoms with Gasteiger partial charge >= 0.3 is 0 Å². The second-order valence-electron chi connectivity index (χ2n) is 6.02. The molecule has 2 aromatic heterocycles. The lowest BCUT2D eigenvalue weighted by Gasteiger charge is -2.28. The number of carbonyl (C=O) groups is 3. The Morgan fingerprint density at radius 2 is 2.28 bits per heavy atom. The van der Waals surface area contributed by atoms with E-state index in [-0.39, 0.29) is 17.7 Å². The van der Waals surface area contributed by atoms with Crippen LogP contribution in [0.2, 0.25) is 0 Å². The summed E-state index contributed by atoms with van der Waals surface area (Å²) in [5.41, 5.74) is 1.34. The van der Waals surface area contributed by atoms with Gasteiger partial charge in [0.25, 0.3) is 5.91 Å². The van der Waals surface area contributed by atoms with Crippen LogP contribution in [0.15, 0.2) is 23.0 Å². The summed E-state index contributed by atoms with van der Waals surface area (Å²) in [5.74, 6) is -0.395. The minimum atomic E-state index is -0.415. The summed E-state index contributed by atoms with van der Waals surface area (Å²) >= 11 is 1.37. The highest BCUT2D eigenvalue weighted by atomic mass is 32.1. The van der Waals surface area contributed by atoms with Gasteiger partial charge in [0.05, 0.1) is 24.1 Å². The Bertz CT molecular complexity index is 829. The summed E-state index contributed by atoms with van der Waals surface area (Å²) in [6.07, 6.45) is 4.40. The molecule has 0 aliphatic carbocycles. The van der Waals surface area contributed by atoms with Gasteiger partial charge in [0.15, 0.2) is 5.13 Å². The number of hydrogen-bond donors (Lipinski definition) is 2. The second-order valence-corrected chi connectivity index (χ2v) is 7.11. The largest absolute Gasteiger partial charge is 0.472 e. The molecule has 1 unspecified atom stereocenters. The predicted molar refractivity (Wildman–Crippen MR) is 89.1 cm³/mol. The van der Waals surface area contributed by atoms with Gasteiger partial charge in [-0.1, -0.05) is 11.3 Å². The number of nitrogens with one attached hydrogen (secondary N) is 2. The van der Waals surface area contributed by atoms with E-state index in [1.165, 1.54) is 23.9 Å². The molecule has 2 N–H and O–H groups in total. The van der Waals surface area contributed by atoms with Gasteiger partial charge in [-0.2, -0.15) is 0 Å². The molecule has 25 heavy (non-hydrogen) atoms. The lowest BCUT2D eigenvalue weighted by Crippen LogP contribution is -2.46. The minimum Gasteiger partial charge on any atom is -0.472 e. The molecular formula is C16H16N4O4S. The van der Waals surface area contributed by atoms with Crippen LogP contribution in [-0.2, 0) is 22.6 Å². The average molecular weight is 360 g/mol. The molecular weight excluding hydrogens is 344 g/mol. The van der Waals surface area contributed by atoms with Gasteiger partial charge in [-0.15, -0.1) is 0 Å². The number of furan rings is 1. The first kappa shape index (κ1) is 15.8. The number of aromatic nitrogens is 1. The highest BCUT2D eigenvalue weighted by molar-refractivity contribution is 7.15. The van der Waals surface area contributed by atoms with Crippen LogP contribution in [0, 0.1) is 0 Å². The van der Waals surface area contributed by atoms with Crippen molar-refractivity contribution in [3.05, 3.63) is 34.7 Å². The molecule has 0 radical (unpaired) electrons. The van der Waals surface area contributed by atoms with Crippen molar-refractivity contribution in [2.24, 2.45) is 0 Å². The number of thiazole rings is 1. The smallest absolute Gasteiger partial charge is 0.260 e. The zero-order valence-corrected chi connectivity index (χ0v) is 14.1. The normalized spacial score (nSPS) is 19.4. The summed E-state index contributed by atoms with van der Waals surface area (Å²) in [5, 5.41) is 5.98. The van der Waals surface area contributed by atoms with Gasteiger partial charge in [0.2, 0.25) is 11.8 Å². The van der Waals surface area contributed by atoms with Gasteiger partial charge in [0, 0.05) is 24.3 Å². The zero-order valence-electron chi connectivity index (χ0n) is 13.3. The molecule has 4 heterocycles. The van der Waals surface area contributed by atoms with Crippen molar-refractivity contribution in [2.45, 2.75) is 31.8 Å². The van der Waals surface area contributed by atoms with Crippen molar-refractivity contribution in [3.63, 3.8) is 0 Å². The molecule has 1 saturated heterocycles. The summed E-state index contributed by atoms with van der Waals surface area (Å²) in [6, 6.07) is 1.17. The van der Waals surface area contributed by atoms with Crippen LogP contribution in [-0.4, -0.2) is 40.2 Å². The van der Waals surface area contributed by atoms with Crippen LogP contribution in [0.3, 0.4) is 0 Å². The molecule has 0 spiro atoms. The molecule has 1 atom stereocenters. The molecule has 9 heteroatoms. The number of anilines is 1. The van der Waals surface area contributed by atoms with Gasteiger partial charge in [-0.25, -0.2) is 4.98 Å². The van der Waals surface area contributed by atoms with E-state index in [1.807, 2.05) is 0 Å². The Morgan fingerprint density at radius 1 is 1.40 bits per heavy atom. The topological polar surface area (TPSA) is 105 Å². The van der Waals surface area contributed by atoms with Crippen LogP contribution >= 0.6 is 11.3 Å². The van der Waals surface area contributed by atoms with Crippen LogP contribution < -0.4 is 10.6 Å². The van der Waals surface area contributed by atoms with E-state index in [0.717, 1.165) is 10.6 Å². The van der Waals surface area contributed by atoms with E-state index in [4.69, 9.17) is 4.42 Å². The molecule has 2 aliphatic heterocycles. The van der Waals surface area contributed by atoms with Gasteiger partial charge in [-0.3, -0.25) is 19.7 Å². The fraction of sp³-hybridized carbons (Fsp3) is 0.375. The molecule has 3 amide bonds. The summed E-state index contributed by atoms with van der Waals surface area (Å²) in [4.78, 5) is 43.0. The minimum absolute atomic E-state index is 0.0473. The Morgan fingerprint density at radius 3 is 3.00 bits per heavy atom. The highest BCUT2D eigenvalue weighted by Crippen LogP contribution is 2.29. The third-order valence-corrected chi connectivity index (χ3v) is 5.34. The molecule has 130 valence electrons. The number of hydrogen-bond acceptors (Lipinski definition) is 6. The van der Waals surface area contributed by atoms with E-state index >= 15 is 0 Å². The average Bonchev–Trinajstić information content (AvgIpc) is 3.33. The molecule has 2 aliphatic rings. The summed E-state index contributed by atoms with van der Waals surface area (Å²) in [6.45, 7) is 1.02. The third-order valence-electron chi connectivity index (χ3n) is 4.34. The Hall–Kier alpha value is -2.68. The van der Waals surface area contributed by atoms with Crippen molar-refractivity contribution in [3.8, 4) is 0 Å². The maximum Gasteiger partial charge on any atom is 0.260 e. The molecule has 0 aromatic carbocycles. The van der Waals surface area contributed by atoms with Crippen LogP contribution in [0.1, 0.15) is 33.8 Å². The van der Waals surface area contributed by atoms with Gasteiger partial charge in [-0.05, 0) is 12.5 Å². The van der Waals surface area contributed by atoms with Crippen molar-refractivity contribution in [1.82, 2.24) is 15.2 Å². The first-order valence-electron chi connectivity index (χ1n) is 8.00. The summed E-state index contributed by atoms with van der Waals surface area (Å²) < 4.78 is 4.90. The number of rotatable bonds is 3.